The Labute approximate surface area is 161 Å². The molecule has 0 aliphatic carbocycles. The summed E-state index contributed by atoms with van der Waals surface area (Å²) in [5.74, 6) is 0. The molecule has 0 amide bonds. The molecule has 0 atom stereocenters. The van der Waals surface area contributed by atoms with Crippen LogP contribution in [0.3, 0.4) is 0 Å². The van der Waals surface area contributed by atoms with Crippen LogP contribution in [0.15, 0.2) is 46.4 Å². The molecule has 0 unspecified atom stereocenters. The van der Waals surface area contributed by atoms with Gasteiger partial charge in [0.05, 0.1) is 19.8 Å². The number of thiophene rings is 1. The fourth-order valence-corrected chi connectivity index (χ4v) is 3.90. The Hall–Kier alpha value is -1.52. The fraction of sp³-hybridized carbons (Fsp3) is 0.200. The zero-order valence-corrected chi connectivity index (χ0v) is 17.0. The zero-order valence-electron chi connectivity index (χ0n) is 13.8. The third kappa shape index (κ3) is 5.23. The maximum Gasteiger partial charge on any atom is 0.242 e. The van der Waals surface area contributed by atoms with Crippen LogP contribution in [0.4, 0.5) is 5.69 Å². The van der Waals surface area contributed by atoms with Crippen LogP contribution in [0.2, 0.25) is 4.34 Å². The molecule has 0 saturated heterocycles. The first-order valence-corrected chi connectivity index (χ1v) is 10.1. The van der Waals surface area contributed by atoms with E-state index < -0.39 is 10.0 Å². The Balaban J connectivity index is 2.06. The Morgan fingerprint density at radius 3 is 2.60 bits per heavy atom. The number of hydrazone groups is 1. The van der Waals surface area contributed by atoms with Gasteiger partial charge < -0.3 is 5.32 Å². The summed E-state index contributed by atoms with van der Waals surface area (Å²) < 4.78 is 26.2. The van der Waals surface area contributed by atoms with Crippen LogP contribution in [-0.4, -0.2) is 37.6 Å². The summed E-state index contributed by atoms with van der Waals surface area (Å²) in [6, 6.07) is 10.1. The lowest BCUT2D eigenvalue weighted by atomic mass is 10.3. The predicted molar refractivity (Wildman–Crippen MR) is 108 cm³/mol. The van der Waals surface area contributed by atoms with Crippen LogP contribution in [0.1, 0.15) is 11.8 Å². The summed E-state index contributed by atoms with van der Waals surface area (Å²) in [5, 5.41) is 7.36. The smallest absolute Gasteiger partial charge is 0.242 e. The average Bonchev–Trinajstić information content (AvgIpc) is 2.99. The first kappa shape index (κ1) is 19.8. The van der Waals surface area contributed by atoms with Crippen LogP contribution in [0, 0.1) is 0 Å². The van der Waals surface area contributed by atoms with E-state index in [0.29, 0.717) is 10.0 Å². The number of rotatable bonds is 5. The molecule has 1 aromatic heterocycles. The highest BCUT2D eigenvalue weighted by atomic mass is 35.5. The van der Waals surface area contributed by atoms with Crippen LogP contribution in [-0.2, 0) is 10.0 Å². The Kier molecular flexibility index (Phi) is 6.53. The summed E-state index contributed by atoms with van der Waals surface area (Å²) in [5.41, 5.74) is 4.02. The number of nitrogens with one attached hydrogen (secondary N) is 2. The second-order valence-electron chi connectivity index (χ2n) is 5.18. The van der Waals surface area contributed by atoms with Crippen LogP contribution >= 0.6 is 35.2 Å². The minimum atomic E-state index is -3.50. The molecule has 1 heterocycles. The van der Waals surface area contributed by atoms with Gasteiger partial charge in [0.2, 0.25) is 10.0 Å². The van der Waals surface area contributed by atoms with Gasteiger partial charge in [0.25, 0.3) is 0 Å². The van der Waals surface area contributed by atoms with Gasteiger partial charge in [0, 0.05) is 19.8 Å². The topological polar surface area (TPSA) is 73.8 Å². The van der Waals surface area contributed by atoms with Gasteiger partial charge in [-0.15, -0.1) is 11.3 Å². The molecule has 2 N–H and O–H groups in total. The molecule has 0 radical (unpaired) electrons. The fourth-order valence-electron chi connectivity index (χ4n) is 1.80. The van der Waals surface area contributed by atoms with E-state index >= 15 is 0 Å². The molecule has 0 bridgehead atoms. The van der Waals surface area contributed by atoms with E-state index in [-0.39, 0.29) is 10.0 Å². The van der Waals surface area contributed by atoms with E-state index in [4.69, 9.17) is 23.8 Å². The summed E-state index contributed by atoms with van der Waals surface area (Å²) in [4.78, 5) is 1.11. The van der Waals surface area contributed by atoms with E-state index in [1.165, 1.54) is 37.6 Å². The SMILES string of the molecule is CC(=NNC(=S)Nc1cccc(S(=O)(=O)N(C)C)c1)c1ccc(Cl)s1. The molecule has 25 heavy (non-hydrogen) atoms. The number of hydrogen-bond donors (Lipinski definition) is 2. The third-order valence-electron chi connectivity index (χ3n) is 3.13. The Bertz CT molecular complexity index is 907. The number of hydrogen-bond acceptors (Lipinski definition) is 5. The van der Waals surface area contributed by atoms with Gasteiger partial charge in [0.1, 0.15) is 0 Å². The molecule has 0 aliphatic heterocycles. The van der Waals surface area contributed by atoms with Gasteiger partial charge in [-0.2, -0.15) is 5.10 Å². The van der Waals surface area contributed by atoms with Crippen LogP contribution < -0.4 is 10.7 Å². The lowest BCUT2D eigenvalue weighted by Crippen LogP contribution is -2.25. The molecule has 0 spiro atoms. The molecule has 2 rings (SSSR count). The van der Waals surface area contributed by atoms with Gasteiger partial charge in [-0.05, 0) is 49.5 Å². The zero-order chi connectivity index (χ0) is 18.6. The minimum Gasteiger partial charge on any atom is -0.331 e. The second-order valence-corrected chi connectivity index (χ2v) is 9.46. The summed E-state index contributed by atoms with van der Waals surface area (Å²) in [7, 11) is -0.539. The summed E-state index contributed by atoms with van der Waals surface area (Å²) in [6.45, 7) is 1.84. The molecule has 0 aliphatic rings. The van der Waals surface area contributed by atoms with E-state index in [2.05, 4.69) is 15.8 Å². The van der Waals surface area contributed by atoms with Gasteiger partial charge >= 0.3 is 0 Å². The van der Waals surface area contributed by atoms with Crippen molar-refractivity contribution in [1.29, 1.82) is 0 Å². The van der Waals surface area contributed by atoms with Gasteiger partial charge in [-0.3, -0.25) is 5.43 Å². The Morgan fingerprint density at radius 1 is 1.28 bits per heavy atom. The monoisotopic (exact) mass is 416 g/mol. The van der Waals surface area contributed by atoms with Crippen molar-refractivity contribution in [1.82, 2.24) is 9.73 Å². The number of benzene rings is 1. The minimum absolute atomic E-state index is 0.179. The Morgan fingerprint density at radius 2 is 2.00 bits per heavy atom. The van der Waals surface area contributed by atoms with Crippen molar-refractivity contribution in [3.63, 3.8) is 0 Å². The van der Waals surface area contributed by atoms with Crippen molar-refractivity contribution in [2.24, 2.45) is 5.10 Å². The van der Waals surface area contributed by atoms with Crippen molar-refractivity contribution in [2.75, 3.05) is 19.4 Å². The lowest BCUT2D eigenvalue weighted by molar-refractivity contribution is 0.521. The highest BCUT2D eigenvalue weighted by Gasteiger charge is 2.17. The normalized spacial score (nSPS) is 12.3. The maximum absolute atomic E-state index is 12.2. The highest BCUT2D eigenvalue weighted by Crippen LogP contribution is 2.22. The van der Waals surface area contributed by atoms with Crippen molar-refractivity contribution in [2.45, 2.75) is 11.8 Å². The molecular weight excluding hydrogens is 400 g/mol. The third-order valence-corrected chi connectivity index (χ3v) is 6.47. The average molecular weight is 417 g/mol. The maximum atomic E-state index is 12.2. The molecule has 134 valence electrons. The standard InChI is InChI=1S/C15H17ClN4O2S3/c1-10(13-7-8-14(16)24-13)18-19-15(23)17-11-5-4-6-12(9-11)25(21,22)20(2)3/h4-9H,1-3H3,(H2,17,19,23). The molecule has 6 nitrogen and oxygen atoms in total. The number of halogens is 1. The second kappa shape index (κ2) is 8.24. The highest BCUT2D eigenvalue weighted by molar-refractivity contribution is 7.89. The molecule has 10 heteroatoms. The van der Waals surface area contributed by atoms with Crippen LogP contribution in [0.25, 0.3) is 0 Å². The largest absolute Gasteiger partial charge is 0.331 e. The summed E-state index contributed by atoms with van der Waals surface area (Å²) in [6.07, 6.45) is 0. The lowest BCUT2D eigenvalue weighted by Gasteiger charge is -2.13. The first-order valence-electron chi connectivity index (χ1n) is 7.10. The van der Waals surface area contributed by atoms with Gasteiger partial charge in [-0.1, -0.05) is 17.7 Å². The van der Waals surface area contributed by atoms with Crippen molar-refractivity contribution in [3.8, 4) is 0 Å². The molecule has 0 saturated carbocycles. The number of anilines is 1. The van der Waals surface area contributed by atoms with E-state index in [0.717, 1.165) is 14.9 Å². The van der Waals surface area contributed by atoms with E-state index in [1.807, 2.05) is 13.0 Å². The van der Waals surface area contributed by atoms with Crippen molar-refractivity contribution < 1.29 is 8.42 Å². The quantitative estimate of drug-likeness (QED) is 0.444. The first-order chi connectivity index (χ1) is 11.7. The molecule has 2 aromatic rings. The number of thiocarbonyl (C=S) groups is 1. The number of sulfonamides is 1. The summed E-state index contributed by atoms with van der Waals surface area (Å²) >= 11 is 12.5. The predicted octanol–water partition coefficient (Wildman–Crippen LogP) is 3.36. The molecule has 1 aromatic carbocycles. The number of nitrogens with zero attached hydrogens (tertiary/aromatic N) is 2. The van der Waals surface area contributed by atoms with Crippen molar-refractivity contribution in [3.05, 3.63) is 45.6 Å². The van der Waals surface area contributed by atoms with Gasteiger partial charge in [-0.25, -0.2) is 12.7 Å². The molecular formula is C15H17ClN4O2S3. The van der Waals surface area contributed by atoms with Gasteiger partial charge in [0.15, 0.2) is 5.11 Å². The molecule has 0 fully saturated rings. The van der Waals surface area contributed by atoms with Crippen LogP contribution in [0.5, 0.6) is 0 Å². The van der Waals surface area contributed by atoms with E-state index in [1.54, 1.807) is 18.2 Å². The van der Waals surface area contributed by atoms with E-state index in [9.17, 15) is 8.42 Å². The van der Waals surface area contributed by atoms with Crippen molar-refractivity contribution >= 4 is 61.7 Å².